The Balaban J connectivity index is 2.05. The van der Waals surface area contributed by atoms with E-state index in [-0.39, 0.29) is 0 Å². The highest BCUT2D eigenvalue weighted by Crippen LogP contribution is 2.39. The third kappa shape index (κ3) is 3.00. The summed E-state index contributed by atoms with van der Waals surface area (Å²) in [6, 6.07) is 4.08. The van der Waals surface area contributed by atoms with Crippen molar-refractivity contribution in [3.05, 3.63) is 23.5 Å². The Hall–Kier alpha value is -0.700. The minimum absolute atomic E-state index is 0.291. The zero-order valence-corrected chi connectivity index (χ0v) is 12.3. The Bertz CT molecular complexity index is 399. The third-order valence-corrected chi connectivity index (χ3v) is 4.61. The normalized spacial score (nSPS) is 17.9. The molecule has 2 nitrogen and oxygen atoms in total. The van der Waals surface area contributed by atoms with Crippen molar-refractivity contribution in [3.63, 3.8) is 0 Å². The third-order valence-electron chi connectivity index (χ3n) is 3.94. The number of hydrogen-bond acceptors (Lipinski definition) is 3. The molecule has 1 aromatic rings. The summed E-state index contributed by atoms with van der Waals surface area (Å²) in [5.74, 6) is 1.88. The van der Waals surface area contributed by atoms with E-state index in [9.17, 15) is 0 Å². The molecule has 18 heavy (non-hydrogen) atoms. The molecule has 0 bridgehead atoms. The number of pyridine rings is 1. The highest BCUT2D eigenvalue weighted by atomic mass is 32.1. The van der Waals surface area contributed by atoms with Crippen LogP contribution in [-0.2, 0) is 6.42 Å². The average molecular weight is 265 g/mol. The van der Waals surface area contributed by atoms with Crippen LogP contribution in [0.25, 0.3) is 0 Å². The molecule has 0 aromatic carbocycles. The molecule has 1 aliphatic carbocycles. The minimum Gasteiger partial charge on any atom is -0.491 e. The van der Waals surface area contributed by atoms with Gasteiger partial charge in [-0.3, -0.25) is 4.98 Å². The second-order valence-electron chi connectivity index (χ2n) is 5.40. The number of aryl methyl sites for hydroxylation is 2. The van der Waals surface area contributed by atoms with Gasteiger partial charge in [0.1, 0.15) is 5.75 Å². The van der Waals surface area contributed by atoms with Gasteiger partial charge in [-0.25, -0.2) is 0 Å². The number of hydrogen-bond donors (Lipinski definition) is 1. The zero-order valence-electron chi connectivity index (χ0n) is 11.4. The van der Waals surface area contributed by atoms with Gasteiger partial charge in [-0.1, -0.05) is 19.8 Å². The fraction of sp³-hybridized carbons (Fsp3) is 0.667. The summed E-state index contributed by atoms with van der Waals surface area (Å²) in [4.78, 5) is 4.54. The number of aromatic nitrogens is 1. The van der Waals surface area contributed by atoms with E-state index in [2.05, 4.69) is 30.6 Å². The molecular weight excluding hydrogens is 242 g/mol. The number of rotatable bonds is 5. The molecule has 1 heterocycles. The Morgan fingerprint density at radius 1 is 1.33 bits per heavy atom. The van der Waals surface area contributed by atoms with Gasteiger partial charge in [0, 0.05) is 11.1 Å². The maximum Gasteiger partial charge on any atom is 0.140 e. The van der Waals surface area contributed by atoms with Crippen LogP contribution in [0.3, 0.4) is 0 Å². The first-order valence-electron chi connectivity index (χ1n) is 6.89. The van der Waals surface area contributed by atoms with Crippen LogP contribution < -0.4 is 4.74 Å². The number of nitrogens with zero attached hydrogens (tertiary/aromatic N) is 1. The molecule has 0 radical (unpaired) electrons. The average Bonchev–Trinajstić information content (AvgIpc) is 2.86. The molecule has 2 rings (SSSR count). The van der Waals surface area contributed by atoms with Gasteiger partial charge < -0.3 is 4.74 Å². The van der Waals surface area contributed by atoms with Crippen LogP contribution in [0.2, 0.25) is 0 Å². The summed E-state index contributed by atoms with van der Waals surface area (Å²) in [6.07, 6.45) is 6.05. The number of thiol groups is 1. The molecule has 1 saturated carbocycles. The van der Waals surface area contributed by atoms with Crippen LogP contribution in [0, 0.1) is 12.3 Å². The Kier molecular flexibility index (Phi) is 4.55. The molecule has 1 aliphatic rings. The maximum atomic E-state index is 6.05. The first kappa shape index (κ1) is 13.7. The molecule has 0 atom stereocenters. The lowest BCUT2D eigenvalue weighted by Gasteiger charge is -2.27. The molecule has 0 aliphatic heterocycles. The lowest BCUT2D eigenvalue weighted by atomic mass is 9.90. The maximum absolute atomic E-state index is 6.05. The molecule has 3 heteroatoms. The monoisotopic (exact) mass is 265 g/mol. The van der Waals surface area contributed by atoms with Crippen molar-refractivity contribution in [1.82, 2.24) is 4.98 Å². The molecule has 0 saturated heterocycles. The van der Waals surface area contributed by atoms with Crippen molar-refractivity contribution in [2.24, 2.45) is 5.41 Å². The Labute approximate surface area is 116 Å². The van der Waals surface area contributed by atoms with Crippen LogP contribution in [0.4, 0.5) is 0 Å². The molecule has 1 fully saturated rings. The molecule has 0 spiro atoms. The van der Waals surface area contributed by atoms with Crippen molar-refractivity contribution >= 4 is 12.6 Å². The molecule has 1 aromatic heterocycles. The van der Waals surface area contributed by atoms with E-state index >= 15 is 0 Å². The Morgan fingerprint density at radius 2 is 2.06 bits per heavy atom. The molecule has 0 amide bonds. The zero-order chi connectivity index (χ0) is 13.0. The van der Waals surface area contributed by atoms with Gasteiger partial charge in [-0.15, -0.1) is 0 Å². The van der Waals surface area contributed by atoms with Gasteiger partial charge >= 0.3 is 0 Å². The van der Waals surface area contributed by atoms with E-state index in [4.69, 9.17) is 4.74 Å². The quantitative estimate of drug-likeness (QED) is 0.818. The summed E-state index contributed by atoms with van der Waals surface area (Å²) < 4.78 is 6.05. The number of ether oxygens (including phenoxy) is 1. The standard InChI is InChI=1S/C15H23NOS/c1-3-13-14(7-6-12(2)16-13)17-10-15(11-18)8-4-5-9-15/h6-7,18H,3-5,8-11H2,1-2H3. The SMILES string of the molecule is CCc1nc(C)ccc1OCC1(CS)CCCC1. The molecule has 0 unspecified atom stereocenters. The summed E-state index contributed by atoms with van der Waals surface area (Å²) >= 11 is 4.52. The van der Waals surface area contributed by atoms with Gasteiger partial charge in [-0.05, 0) is 44.1 Å². The van der Waals surface area contributed by atoms with Crippen molar-refractivity contribution in [3.8, 4) is 5.75 Å². The van der Waals surface area contributed by atoms with Crippen LogP contribution in [-0.4, -0.2) is 17.3 Å². The highest BCUT2D eigenvalue weighted by Gasteiger charge is 2.33. The summed E-state index contributed by atoms with van der Waals surface area (Å²) in [6.45, 7) is 4.93. The van der Waals surface area contributed by atoms with Crippen LogP contribution in [0.1, 0.15) is 44.0 Å². The summed E-state index contributed by atoms with van der Waals surface area (Å²) in [5.41, 5.74) is 2.42. The lowest BCUT2D eigenvalue weighted by Crippen LogP contribution is -2.27. The van der Waals surface area contributed by atoms with Crippen LogP contribution in [0.5, 0.6) is 5.75 Å². The van der Waals surface area contributed by atoms with E-state index in [0.717, 1.165) is 35.9 Å². The lowest BCUT2D eigenvalue weighted by molar-refractivity contribution is 0.171. The highest BCUT2D eigenvalue weighted by molar-refractivity contribution is 7.80. The molecule has 0 N–H and O–H groups in total. The van der Waals surface area contributed by atoms with Gasteiger partial charge in [0.15, 0.2) is 0 Å². The van der Waals surface area contributed by atoms with E-state index < -0.39 is 0 Å². The summed E-state index contributed by atoms with van der Waals surface area (Å²) in [5, 5.41) is 0. The van der Waals surface area contributed by atoms with Gasteiger partial charge in [-0.2, -0.15) is 12.6 Å². The first-order chi connectivity index (χ1) is 8.69. The Morgan fingerprint density at radius 3 is 2.67 bits per heavy atom. The van der Waals surface area contributed by atoms with Crippen molar-refractivity contribution < 1.29 is 4.74 Å². The predicted octanol–water partition coefficient (Wildman–Crippen LogP) is 3.82. The van der Waals surface area contributed by atoms with Crippen molar-refractivity contribution in [2.75, 3.05) is 12.4 Å². The second-order valence-corrected chi connectivity index (χ2v) is 5.72. The smallest absolute Gasteiger partial charge is 0.140 e. The van der Waals surface area contributed by atoms with E-state index in [0.29, 0.717) is 5.41 Å². The minimum atomic E-state index is 0.291. The predicted molar refractivity (Wildman–Crippen MR) is 78.6 cm³/mol. The fourth-order valence-electron chi connectivity index (χ4n) is 2.69. The second kappa shape index (κ2) is 5.96. The fourth-order valence-corrected chi connectivity index (χ4v) is 3.09. The van der Waals surface area contributed by atoms with Gasteiger partial charge in [0.05, 0.1) is 12.3 Å². The van der Waals surface area contributed by atoms with Crippen molar-refractivity contribution in [2.45, 2.75) is 46.0 Å². The first-order valence-corrected chi connectivity index (χ1v) is 7.52. The van der Waals surface area contributed by atoms with E-state index in [1.54, 1.807) is 0 Å². The van der Waals surface area contributed by atoms with E-state index in [1.807, 2.05) is 13.0 Å². The van der Waals surface area contributed by atoms with Crippen molar-refractivity contribution in [1.29, 1.82) is 0 Å². The summed E-state index contributed by atoms with van der Waals surface area (Å²) in [7, 11) is 0. The van der Waals surface area contributed by atoms with Crippen LogP contribution >= 0.6 is 12.6 Å². The van der Waals surface area contributed by atoms with E-state index in [1.165, 1.54) is 25.7 Å². The van der Waals surface area contributed by atoms with Gasteiger partial charge in [0.25, 0.3) is 0 Å². The van der Waals surface area contributed by atoms with Gasteiger partial charge in [0.2, 0.25) is 0 Å². The molecule has 100 valence electrons. The topological polar surface area (TPSA) is 22.1 Å². The largest absolute Gasteiger partial charge is 0.491 e. The van der Waals surface area contributed by atoms with Crippen LogP contribution in [0.15, 0.2) is 12.1 Å². The molecular formula is C15H23NOS.